The van der Waals surface area contributed by atoms with Gasteiger partial charge >= 0.3 is 0 Å². The molecule has 0 saturated heterocycles. The molecule has 9 nitrogen and oxygen atoms in total. The number of nitrogens with two attached hydrogens (primary N) is 1. The molecular formula is C31H31N3O6. The van der Waals surface area contributed by atoms with Gasteiger partial charge in [0.15, 0.2) is 16.9 Å². The molecule has 0 aliphatic carbocycles. The smallest absolute Gasteiger partial charge is 0.248 e. The first-order chi connectivity index (χ1) is 19.3. The van der Waals surface area contributed by atoms with Crippen LogP contribution in [0.1, 0.15) is 48.1 Å². The SMILES string of the molecule is CCC(C)n1c(Cc2cc(OC)c(OC)cc2OC)nc2cc3c(=O)cc(-c4ccc(C(N)=O)cc4)oc3cc21. The Morgan fingerprint density at radius 3 is 2.27 bits per heavy atom. The fraction of sp³-hybridized carbons (Fsp3) is 0.258. The highest BCUT2D eigenvalue weighted by atomic mass is 16.5. The van der Waals surface area contributed by atoms with Crippen molar-refractivity contribution in [2.45, 2.75) is 32.7 Å². The van der Waals surface area contributed by atoms with Crippen molar-refractivity contribution >= 4 is 27.9 Å². The van der Waals surface area contributed by atoms with E-state index in [1.807, 2.05) is 12.1 Å². The highest BCUT2D eigenvalue weighted by Crippen LogP contribution is 2.37. The molecular weight excluding hydrogens is 510 g/mol. The van der Waals surface area contributed by atoms with E-state index in [9.17, 15) is 9.59 Å². The summed E-state index contributed by atoms with van der Waals surface area (Å²) in [6.07, 6.45) is 1.34. The van der Waals surface area contributed by atoms with Gasteiger partial charge in [0.25, 0.3) is 0 Å². The molecule has 2 N–H and O–H groups in total. The van der Waals surface area contributed by atoms with E-state index in [-0.39, 0.29) is 11.5 Å². The van der Waals surface area contributed by atoms with Gasteiger partial charge in [0.2, 0.25) is 5.91 Å². The maximum Gasteiger partial charge on any atom is 0.248 e. The van der Waals surface area contributed by atoms with Gasteiger partial charge in [-0.3, -0.25) is 9.59 Å². The molecule has 0 bridgehead atoms. The molecule has 0 aliphatic rings. The van der Waals surface area contributed by atoms with Crippen LogP contribution in [0.5, 0.6) is 17.2 Å². The highest BCUT2D eigenvalue weighted by Gasteiger charge is 2.21. The van der Waals surface area contributed by atoms with Crippen LogP contribution in [-0.4, -0.2) is 36.8 Å². The molecule has 0 fully saturated rings. The normalized spacial score (nSPS) is 12.0. The van der Waals surface area contributed by atoms with Crippen LogP contribution in [0.25, 0.3) is 33.3 Å². The lowest BCUT2D eigenvalue weighted by atomic mass is 10.1. The van der Waals surface area contributed by atoms with Crippen LogP contribution in [0.3, 0.4) is 0 Å². The Hall–Kier alpha value is -4.79. The van der Waals surface area contributed by atoms with Gasteiger partial charge in [-0.25, -0.2) is 4.98 Å². The molecule has 2 aromatic heterocycles. The van der Waals surface area contributed by atoms with Crippen molar-refractivity contribution in [2.75, 3.05) is 21.3 Å². The molecule has 5 rings (SSSR count). The lowest BCUT2D eigenvalue weighted by molar-refractivity contribution is 0.100. The second-order valence-electron chi connectivity index (χ2n) is 9.60. The van der Waals surface area contributed by atoms with Crippen LogP contribution in [0, 0.1) is 0 Å². The van der Waals surface area contributed by atoms with E-state index in [1.54, 1.807) is 57.7 Å². The Morgan fingerprint density at radius 1 is 0.975 bits per heavy atom. The number of hydrogen-bond donors (Lipinski definition) is 1. The largest absolute Gasteiger partial charge is 0.496 e. The van der Waals surface area contributed by atoms with Crippen molar-refractivity contribution in [3.8, 4) is 28.6 Å². The Kier molecular flexibility index (Phi) is 7.21. The van der Waals surface area contributed by atoms with Gasteiger partial charge < -0.3 is 28.9 Å². The van der Waals surface area contributed by atoms with Gasteiger partial charge in [0.05, 0.1) is 37.7 Å². The minimum atomic E-state index is -0.520. The van der Waals surface area contributed by atoms with Gasteiger partial charge in [0, 0.05) is 47.4 Å². The van der Waals surface area contributed by atoms with Crippen molar-refractivity contribution in [1.29, 1.82) is 0 Å². The summed E-state index contributed by atoms with van der Waals surface area (Å²) in [7, 11) is 4.80. The summed E-state index contributed by atoms with van der Waals surface area (Å²) < 4.78 is 25.0. The first kappa shape index (κ1) is 26.8. The molecule has 1 unspecified atom stereocenters. The van der Waals surface area contributed by atoms with Crippen molar-refractivity contribution in [3.05, 3.63) is 81.8 Å². The van der Waals surface area contributed by atoms with E-state index in [0.717, 1.165) is 23.3 Å². The fourth-order valence-corrected chi connectivity index (χ4v) is 4.93. The minimum Gasteiger partial charge on any atom is -0.496 e. The molecule has 1 atom stereocenters. The second kappa shape index (κ2) is 10.8. The van der Waals surface area contributed by atoms with Crippen molar-refractivity contribution < 1.29 is 23.4 Å². The first-order valence-electron chi connectivity index (χ1n) is 13.0. The summed E-state index contributed by atoms with van der Waals surface area (Å²) in [5, 5.41) is 0.439. The molecule has 5 aromatic rings. The molecule has 1 amide bonds. The predicted molar refractivity (Wildman–Crippen MR) is 154 cm³/mol. The Balaban J connectivity index is 1.66. The first-order valence-corrected chi connectivity index (χ1v) is 13.0. The average Bonchev–Trinajstić information content (AvgIpc) is 3.32. The van der Waals surface area contributed by atoms with Gasteiger partial charge in [-0.2, -0.15) is 0 Å². The van der Waals surface area contributed by atoms with E-state index in [4.69, 9.17) is 29.3 Å². The molecule has 3 aromatic carbocycles. The lowest BCUT2D eigenvalue weighted by Gasteiger charge is -2.18. The minimum absolute atomic E-state index is 0.125. The number of carbonyl (C=O) groups is 1. The molecule has 0 saturated carbocycles. The zero-order chi connectivity index (χ0) is 28.6. The topological polar surface area (TPSA) is 119 Å². The van der Waals surface area contributed by atoms with E-state index in [0.29, 0.717) is 57.0 Å². The number of primary amides is 1. The summed E-state index contributed by atoms with van der Waals surface area (Å²) in [5.41, 5.74) is 9.13. The number of ether oxygens (including phenoxy) is 3. The number of amides is 1. The van der Waals surface area contributed by atoms with Gasteiger partial charge in [0.1, 0.15) is 22.9 Å². The monoisotopic (exact) mass is 541 g/mol. The molecule has 0 radical (unpaired) electrons. The summed E-state index contributed by atoms with van der Waals surface area (Å²) in [5.74, 6) is 2.54. The fourth-order valence-electron chi connectivity index (χ4n) is 4.93. The number of carbonyl (C=O) groups excluding carboxylic acids is 1. The molecule has 9 heteroatoms. The second-order valence-corrected chi connectivity index (χ2v) is 9.60. The highest BCUT2D eigenvalue weighted by molar-refractivity contribution is 5.94. The van der Waals surface area contributed by atoms with E-state index in [2.05, 4.69) is 18.4 Å². The number of fused-ring (bicyclic) bond motifs is 2. The van der Waals surface area contributed by atoms with Crippen LogP contribution in [0.4, 0.5) is 0 Å². The summed E-state index contributed by atoms with van der Waals surface area (Å²) >= 11 is 0. The molecule has 0 spiro atoms. The van der Waals surface area contributed by atoms with Crippen molar-refractivity contribution in [2.24, 2.45) is 5.73 Å². The Labute approximate surface area is 231 Å². The van der Waals surface area contributed by atoms with Crippen LogP contribution < -0.4 is 25.4 Å². The zero-order valence-corrected chi connectivity index (χ0v) is 23.1. The number of imidazole rings is 1. The zero-order valence-electron chi connectivity index (χ0n) is 23.1. The number of methoxy groups -OCH3 is 3. The summed E-state index contributed by atoms with van der Waals surface area (Å²) in [6.45, 7) is 4.25. The van der Waals surface area contributed by atoms with Crippen LogP contribution >= 0.6 is 0 Å². The number of rotatable bonds is 9. The Bertz CT molecular complexity index is 1790. The van der Waals surface area contributed by atoms with E-state index in [1.165, 1.54) is 6.07 Å². The quantitative estimate of drug-likeness (QED) is 0.262. The molecule has 206 valence electrons. The predicted octanol–water partition coefficient (Wildman–Crippen LogP) is 5.50. The maximum atomic E-state index is 13.2. The van der Waals surface area contributed by atoms with Crippen LogP contribution in [0.15, 0.2) is 63.8 Å². The third-order valence-corrected chi connectivity index (χ3v) is 7.23. The summed E-state index contributed by atoms with van der Waals surface area (Å²) in [4.78, 5) is 29.6. The van der Waals surface area contributed by atoms with Gasteiger partial charge in [-0.05, 0) is 37.6 Å². The van der Waals surface area contributed by atoms with Crippen LogP contribution in [0.2, 0.25) is 0 Å². The van der Waals surface area contributed by atoms with E-state index >= 15 is 0 Å². The number of hydrogen-bond acceptors (Lipinski definition) is 7. The lowest BCUT2D eigenvalue weighted by Crippen LogP contribution is -2.10. The molecule has 0 aliphatic heterocycles. The average molecular weight is 542 g/mol. The number of aromatic nitrogens is 2. The third-order valence-electron chi connectivity index (χ3n) is 7.23. The van der Waals surface area contributed by atoms with Crippen LogP contribution in [-0.2, 0) is 6.42 Å². The maximum absolute atomic E-state index is 13.2. The third kappa shape index (κ3) is 4.75. The number of benzene rings is 3. The number of nitrogens with zero attached hydrogens (tertiary/aromatic N) is 2. The standard InChI is InChI=1S/C31H31N3O6/c1-6-17(2)34-23-14-27-21(24(35)15-26(40-27)18-7-9-19(10-8-18)31(32)36)13-22(23)33-30(34)12-20-11-28(38-4)29(39-5)16-25(20)37-3/h7-11,13-17H,6,12H2,1-5H3,(H2,32,36). The molecule has 2 heterocycles. The van der Waals surface area contributed by atoms with E-state index < -0.39 is 5.91 Å². The Morgan fingerprint density at radius 2 is 1.65 bits per heavy atom. The van der Waals surface area contributed by atoms with Gasteiger partial charge in [-0.1, -0.05) is 19.1 Å². The van der Waals surface area contributed by atoms with Crippen molar-refractivity contribution in [1.82, 2.24) is 9.55 Å². The van der Waals surface area contributed by atoms with Gasteiger partial charge in [-0.15, -0.1) is 0 Å². The summed E-state index contributed by atoms with van der Waals surface area (Å²) in [6, 6.07) is 15.6. The molecule has 40 heavy (non-hydrogen) atoms. The van der Waals surface area contributed by atoms with Crippen molar-refractivity contribution in [3.63, 3.8) is 0 Å².